The molecule has 1 N–H and O–H groups in total. The van der Waals surface area contributed by atoms with Crippen LogP contribution in [-0.4, -0.2) is 52.2 Å². The van der Waals surface area contributed by atoms with Gasteiger partial charge in [-0.3, -0.25) is 14.9 Å². The van der Waals surface area contributed by atoms with Gasteiger partial charge in [-0.15, -0.1) is 0 Å². The summed E-state index contributed by atoms with van der Waals surface area (Å²) in [4.78, 5) is 25.0. The van der Waals surface area contributed by atoms with Gasteiger partial charge < -0.3 is 10.2 Å². The average Bonchev–Trinajstić information content (AvgIpc) is 3.12. The fourth-order valence-corrected chi connectivity index (χ4v) is 3.20. The zero-order valence-corrected chi connectivity index (χ0v) is 14.1. The Kier molecular flexibility index (Phi) is 5.08. The molecule has 8 heteroatoms. The first-order valence-corrected chi connectivity index (χ1v) is 8.33. The average molecular weight is 343 g/mol. The lowest BCUT2D eigenvalue weighted by molar-refractivity contribution is -0.384. The lowest BCUT2D eigenvalue weighted by Gasteiger charge is -2.32. The van der Waals surface area contributed by atoms with Crippen molar-refractivity contribution in [3.63, 3.8) is 0 Å². The lowest BCUT2D eigenvalue weighted by Crippen LogP contribution is -2.42. The number of nitrogens with one attached hydrogen (secondary N) is 1. The second kappa shape index (κ2) is 7.43. The minimum atomic E-state index is -0.450. The first-order valence-electron chi connectivity index (χ1n) is 8.33. The second-order valence-corrected chi connectivity index (χ2v) is 6.24. The smallest absolute Gasteiger partial charge is 0.274 e. The summed E-state index contributed by atoms with van der Waals surface area (Å²) >= 11 is 0. The van der Waals surface area contributed by atoms with Crippen LogP contribution < -0.4 is 5.32 Å². The number of piperidine rings is 1. The Morgan fingerprint density at radius 3 is 3.04 bits per heavy atom. The normalized spacial score (nSPS) is 17.5. The van der Waals surface area contributed by atoms with Gasteiger partial charge in [0.1, 0.15) is 0 Å². The van der Waals surface area contributed by atoms with Gasteiger partial charge in [-0.2, -0.15) is 5.10 Å². The Morgan fingerprint density at radius 1 is 1.44 bits per heavy atom. The van der Waals surface area contributed by atoms with Crippen molar-refractivity contribution >= 4 is 11.6 Å². The molecule has 1 aliphatic rings. The zero-order chi connectivity index (χ0) is 17.8. The molecule has 1 fully saturated rings. The number of nitrogens with zero attached hydrogens (tertiary/aromatic N) is 4. The third-order valence-corrected chi connectivity index (χ3v) is 4.41. The van der Waals surface area contributed by atoms with Crippen LogP contribution in [0.15, 0.2) is 36.5 Å². The van der Waals surface area contributed by atoms with E-state index in [9.17, 15) is 14.9 Å². The van der Waals surface area contributed by atoms with Crippen LogP contribution in [0.1, 0.15) is 23.3 Å². The Hall–Kier alpha value is -2.74. The molecule has 8 nitrogen and oxygen atoms in total. The highest BCUT2D eigenvalue weighted by atomic mass is 16.6. The van der Waals surface area contributed by atoms with Crippen LogP contribution in [0.25, 0.3) is 5.69 Å². The molecule has 0 bridgehead atoms. The van der Waals surface area contributed by atoms with Gasteiger partial charge in [0.2, 0.25) is 0 Å². The van der Waals surface area contributed by atoms with Crippen LogP contribution in [-0.2, 0) is 0 Å². The third-order valence-electron chi connectivity index (χ3n) is 4.41. The van der Waals surface area contributed by atoms with Crippen molar-refractivity contribution in [2.75, 3.05) is 26.7 Å². The Balaban J connectivity index is 1.75. The van der Waals surface area contributed by atoms with E-state index in [0.29, 0.717) is 17.3 Å². The first-order chi connectivity index (χ1) is 12.1. The fourth-order valence-electron chi connectivity index (χ4n) is 3.20. The van der Waals surface area contributed by atoms with Gasteiger partial charge in [-0.25, -0.2) is 4.68 Å². The molecule has 1 saturated heterocycles. The molecule has 2 aromatic rings. The van der Waals surface area contributed by atoms with E-state index in [1.54, 1.807) is 24.4 Å². The predicted molar refractivity (Wildman–Crippen MR) is 92.8 cm³/mol. The number of benzene rings is 1. The van der Waals surface area contributed by atoms with Crippen molar-refractivity contribution in [1.29, 1.82) is 0 Å². The van der Waals surface area contributed by atoms with Crippen LogP contribution in [0.4, 0.5) is 5.69 Å². The summed E-state index contributed by atoms with van der Waals surface area (Å²) in [5.74, 6) is 0.367. The maximum absolute atomic E-state index is 12.7. The van der Waals surface area contributed by atoms with Crippen molar-refractivity contribution in [1.82, 2.24) is 20.0 Å². The predicted octanol–water partition coefficient (Wildman–Crippen LogP) is 1.85. The molecule has 1 aromatic carbocycles. The van der Waals surface area contributed by atoms with Gasteiger partial charge in [-0.1, -0.05) is 6.07 Å². The third kappa shape index (κ3) is 3.85. The molecule has 25 heavy (non-hydrogen) atoms. The Labute approximate surface area is 145 Å². The van der Waals surface area contributed by atoms with Gasteiger partial charge in [0, 0.05) is 31.4 Å². The molecule has 0 spiro atoms. The molecular weight excluding hydrogens is 322 g/mol. The first kappa shape index (κ1) is 17.1. The number of rotatable bonds is 5. The summed E-state index contributed by atoms with van der Waals surface area (Å²) in [6.45, 7) is 2.36. The Morgan fingerprint density at radius 2 is 2.28 bits per heavy atom. The topological polar surface area (TPSA) is 93.3 Å². The van der Waals surface area contributed by atoms with E-state index in [2.05, 4.69) is 10.4 Å². The van der Waals surface area contributed by atoms with Crippen LogP contribution in [0.3, 0.4) is 0 Å². The summed E-state index contributed by atoms with van der Waals surface area (Å²) in [6.07, 6.45) is 3.76. The standard InChI is InChI=1S/C17H21N5O3/c1-18-11-13-4-3-8-20(12-13)17(23)16-7-9-21(19-16)14-5-2-6-15(10-14)22(24)25/h2,5-7,9-10,13,18H,3-4,8,11-12H2,1H3. The number of carbonyl (C=O) groups excluding carboxylic acids is 1. The van der Waals surface area contributed by atoms with E-state index >= 15 is 0 Å². The molecule has 0 radical (unpaired) electrons. The van der Waals surface area contributed by atoms with Gasteiger partial charge in [0.15, 0.2) is 5.69 Å². The van der Waals surface area contributed by atoms with Crippen LogP contribution >= 0.6 is 0 Å². The van der Waals surface area contributed by atoms with E-state index < -0.39 is 4.92 Å². The van der Waals surface area contributed by atoms with Gasteiger partial charge >= 0.3 is 0 Å². The highest BCUT2D eigenvalue weighted by Crippen LogP contribution is 2.19. The Bertz CT molecular complexity index is 771. The minimum Gasteiger partial charge on any atom is -0.337 e. The molecule has 2 heterocycles. The molecule has 1 atom stereocenters. The van der Waals surface area contributed by atoms with Crippen molar-refractivity contribution in [2.24, 2.45) is 5.92 Å². The van der Waals surface area contributed by atoms with Crippen molar-refractivity contribution < 1.29 is 9.72 Å². The lowest BCUT2D eigenvalue weighted by atomic mass is 9.98. The maximum atomic E-state index is 12.7. The number of non-ortho nitro benzene ring substituents is 1. The van der Waals surface area contributed by atoms with E-state index in [4.69, 9.17) is 0 Å². The van der Waals surface area contributed by atoms with Crippen molar-refractivity contribution in [3.05, 3.63) is 52.3 Å². The van der Waals surface area contributed by atoms with Gasteiger partial charge in [-0.05, 0) is 44.5 Å². The minimum absolute atomic E-state index is 0.00758. The van der Waals surface area contributed by atoms with E-state index in [1.165, 1.54) is 16.8 Å². The molecule has 1 aromatic heterocycles. The van der Waals surface area contributed by atoms with Crippen LogP contribution in [0, 0.1) is 16.0 Å². The summed E-state index contributed by atoms with van der Waals surface area (Å²) in [5.41, 5.74) is 0.906. The molecule has 132 valence electrons. The van der Waals surface area contributed by atoms with Gasteiger partial charge in [0.25, 0.3) is 11.6 Å². The zero-order valence-electron chi connectivity index (χ0n) is 14.1. The number of aromatic nitrogens is 2. The van der Waals surface area contributed by atoms with Gasteiger partial charge in [0.05, 0.1) is 10.6 Å². The van der Waals surface area contributed by atoms with Crippen molar-refractivity contribution in [2.45, 2.75) is 12.8 Å². The number of hydrogen-bond acceptors (Lipinski definition) is 5. The summed E-state index contributed by atoms with van der Waals surface area (Å²) in [7, 11) is 1.92. The van der Waals surface area contributed by atoms with Crippen molar-refractivity contribution in [3.8, 4) is 5.69 Å². The molecule has 1 amide bonds. The SMILES string of the molecule is CNCC1CCCN(C(=O)c2ccn(-c3cccc([N+](=O)[O-])c3)n2)C1. The second-order valence-electron chi connectivity index (χ2n) is 6.24. The number of carbonyl (C=O) groups is 1. The summed E-state index contributed by atoms with van der Waals surface area (Å²) in [5, 5.41) is 18.4. The number of nitro benzene ring substituents is 1. The number of hydrogen-bond donors (Lipinski definition) is 1. The highest BCUT2D eigenvalue weighted by molar-refractivity contribution is 5.92. The summed E-state index contributed by atoms with van der Waals surface area (Å²) in [6, 6.07) is 7.84. The molecule has 3 rings (SSSR count). The van der Waals surface area contributed by atoms with Crippen LogP contribution in [0.5, 0.6) is 0 Å². The number of amides is 1. The quantitative estimate of drug-likeness (QED) is 0.660. The molecule has 1 aliphatic heterocycles. The number of likely N-dealkylation sites (tertiary alicyclic amines) is 1. The molecular formula is C17H21N5O3. The van der Waals surface area contributed by atoms with E-state index in [1.807, 2.05) is 11.9 Å². The van der Waals surface area contributed by atoms with E-state index in [0.717, 1.165) is 32.5 Å². The highest BCUT2D eigenvalue weighted by Gasteiger charge is 2.25. The fraction of sp³-hybridized carbons (Fsp3) is 0.412. The van der Waals surface area contributed by atoms with E-state index in [-0.39, 0.29) is 11.6 Å². The molecule has 0 saturated carbocycles. The number of nitro groups is 1. The monoisotopic (exact) mass is 343 g/mol. The largest absolute Gasteiger partial charge is 0.337 e. The maximum Gasteiger partial charge on any atom is 0.274 e. The molecule has 0 aliphatic carbocycles. The summed E-state index contributed by atoms with van der Waals surface area (Å²) < 4.78 is 1.50. The van der Waals surface area contributed by atoms with Crippen LogP contribution in [0.2, 0.25) is 0 Å². The molecule has 1 unspecified atom stereocenters.